The fourth-order valence-corrected chi connectivity index (χ4v) is 9.99. The number of benzene rings is 2. The third-order valence-corrected chi connectivity index (χ3v) is 11.4. The van der Waals surface area contributed by atoms with Crippen LogP contribution in [-0.4, -0.2) is 10.9 Å². The second-order valence-electron chi connectivity index (χ2n) is 12.1. The molecule has 6 rings (SSSR count). The van der Waals surface area contributed by atoms with Crippen LogP contribution >= 0.6 is 15.9 Å². The average Bonchev–Trinajstić information content (AvgIpc) is 3.48. The molecule has 4 aliphatic rings. The zero-order valence-corrected chi connectivity index (χ0v) is 22.8. The highest BCUT2D eigenvalue weighted by Crippen LogP contribution is 2.62. The summed E-state index contributed by atoms with van der Waals surface area (Å²) in [5.41, 5.74) is 9.25. The van der Waals surface area contributed by atoms with Gasteiger partial charge in [-0.05, 0) is 91.0 Å². The lowest BCUT2D eigenvalue weighted by Crippen LogP contribution is -2.49. The lowest BCUT2D eigenvalue weighted by atomic mass is 9.61. The Hall–Kier alpha value is -1.80. The second kappa shape index (κ2) is 8.12. The van der Waals surface area contributed by atoms with Crippen LogP contribution in [0.2, 0.25) is 0 Å². The van der Waals surface area contributed by atoms with Crippen molar-refractivity contribution in [3.05, 3.63) is 82.6 Å². The van der Waals surface area contributed by atoms with Gasteiger partial charge in [-0.25, -0.2) is 0 Å². The van der Waals surface area contributed by atoms with E-state index in [9.17, 15) is 0 Å². The van der Waals surface area contributed by atoms with Crippen LogP contribution in [0.4, 0.5) is 5.69 Å². The van der Waals surface area contributed by atoms with E-state index in [-0.39, 0.29) is 5.41 Å². The summed E-state index contributed by atoms with van der Waals surface area (Å²) in [4.78, 5) is 3.25. The van der Waals surface area contributed by atoms with Crippen LogP contribution in [0.25, 0.3) is 6.08 Å². The number of fused-ring (bicyclic) bond motifs is 3. The number of halogens is 1. The first-order valence-corrected chi connectivity index (χ1v) is 14.1. The summed E-state index contributed by atoms with van der Waals surface area (Å²) in [6, 6.07) is 20.7. The van der Waals surface area contributed by atoms with Gasteiger partial charge in [0.2, 0.25) is 0 Å². The van der Waals surface area contributed by atoms with Gasteiger partial charge in [0.25, 0.3) is 0 Å². The maximum atomic E-state index is 4.32. The van der Waals surface area contributed by atoms with E-state index < -0.39 is 0 Å². The van der Waals surface area contributed by atoms with E-state index in [1.807, 2.05) is 0 Å². The Morgan fingerprint density at radius 3 is 2.35 bits per heavy atom. The number of hydrogen-bond donors (Lipinski definition) is 0. The molecule has 0 bridgehead atoms. The predicted molar refractivity (Wildman–Crippen MR) is 148 cm³/mol. The molecule has 2 saturated carbocycles. The molecule has 2 heteroatoms. The Bertz CT molecular complexity index is 1160. The highest BCUT2D eigenvalue weighted by Gasteiger charge is 2.58. The van der Waals surface area contributed by atoms with Crippen LogP contribution in [0, 0.1) is 35.0 Å². The number of allylic oxidation sites excluding steroid dienone is 2. The van der Waals surface area contributed by atoms with Gasteiger partial charge >= 0.3 is 0 Å². The van der Waals surface area contributed by atoms with Gasteiger partial charge in [0.05, 0.1) is 0 Å². The summed E-state index contributed by atoms with van der Waals surface area (Å²) in [5.74, 6) is 3.61. The molecule has 178 valence electrons. The zero-order valence-electron chi connectivity index (χ0n) is 21.3. The maximum absolute atomic E-state index is 4.32. The third kappa shape index (κ3) is 3.24. The molecule has 0 aromatic heterocycles. The number of hydrogen-bond acceptors (Lipinski definition) is 1. The van der Waals surface area contributed by atoms with Crippen LogP contribution in [0.1, 0.15) is 58.6 Å². The summed E-state index contributed by atoms with van der Waals surface area (Å²) in [6.45, 7) is 12.4. The zero-order chi connectivity index (χ0) is 23.8. The molecule has 7 unspecified atom stereocenters. The lowest BCUT2D eigenvalue weighted by molar-refractivity contribution is 0.108. The van der Waals surface area contributed by atoms with Gasteiger partial charge in [-0.15, -0.1) is 0 Å². The number of anilines is 1. The Labute approximate surface area is 214 Å². The molecule has 0 radical (unpaired) electrons. The molecule has 0 saturated heterocycles. The molecule has 1 heterocycles. The summed E-state index contributed by atoms with van der Waals surface area (Å²) in [7, 11) is 0. The number of nitrogens with zero attached hydrogens (tertiary/aromatic N) is 1. The van der Waals surface area contributed by atoms with Crippen LogP contribution in [0.15, 0.2) is 71.4 Å². The minimum absolute atomic E-state index is 0.213. The first kappa shape index (κ1) is 22.7. The Morgan fingerprint density at radius 1 is 0.912 bits per heavy atom. The van der Waals surface area contributed by atoms with Crippen LogP contribution < -0.4 is 4.90 Å². The molecular weight excluding hydrogens is 478 g/mol. The van der Waals surface area contributed by atoms with E-state index in [1.165, 1.54) is 35.4 Å². The average molecular weight is 517 g/mol. The van der Waals surface area contributed by atoms with Crippen molar-refractivity contribution in [2.75, 3.05) is 4.90 Å². The normalized spacial score (nSPS) is 34.7. The molecule has 0 N–H and O–H groups in total. The number of alkyl halides is 1. The monoisotopic (exact) mass is 515 g/mol. The summed E-state index contributed by atoms with van der Waals surface area (Å²) >= 11 is 4.32. The van der Waals surface area contributed by atoms with E-state index in [1.54, 1.807) is 11.1 Å². The first-order chi connectivity index (χ1) is 16.3. The van der Waals surface area contributed by atoms with Gasteiger partial charge < -0.3 is 4.90 Å². The fraction of sp³-hybridized carbons (Fsp3) is 0.500. The van der Waals surface area contributed by atoms with Crippen molar-refractivity contribution in [2.24, 2.45) is 35.0 Å². The molecule has 1 nitrogen and oxygen atoms in total. The Balaban J connectivity index is 1.35. The molecule has 1 aliphatic heterocycles. The summed E-state index contributed by atoms with van der Waals surface area (Å²) in [6.07, 6.45) is 6.31. The number of para-hydroxylation sites is 1. The topological polar surface area (TPSA) is 3.24 Å². The van der Waals surface area contributed by atoms with Crippen molar-refractivity contribution in [1.29, 1.82) is 0 Å². The molecular formula is C32H38BrN. The molecule has 0 spiro atoms. The van der Waals surface area contributed by atoms with E-state index in [0.717, 1.165) is 30.1 Å². The van der Waals surface area contributed by atoms with Gasteiger partial charge in [0.1, 0.15) is 0 Å². The van der Waals surface area contributed by atoms with Crippen LogP contribution in [0.3, 0.4) is 0 Å². The molecule has 2 fully saturated rings. The second-order valence-corrected chi connectivity index (χ2v) is 13.1. The molecule has 2 aromatic carbocycles. The van der Waals surface area contributed by atoms with Gasteiger partial charge in [0, 0.05) is 28.2 Å². The third-order valence-electron chi connectivity index (χ3n) is 10.2. The highest BCUT2D eigenvalue weighted by molar-refractivity contribution is 9.09. The lowest BCUT2D eigenvalue weighted by Gasteiger charge is -2.48. The minimum Gasteiger partial charge on any atom is -0.342 e. The Kier molecular flexibility index (Phi) is 5.41. The predicted octanol–water partition coefficient (Wildman–Crippen LogP) is 8.51. The molecule has 34 heavy (non-hydrogen) atoms. The summed E-state index contributed by atoms with van der Waals surface area (Å²) in [5, 5.41) is 0. The quantitative estimate of drug-likeness (QED) is 0.370. The van der Waals surface area contributed by atoms with Crippen molar-refractivity contribution in [3.8, 4) is 0 Å². The molecule has 2 aromatic rings. The molecule has 0 amide bonds. The smallest absolute Gasteiger partial charge is 0.0418 e. The minimum atomic E-state index is 0.213. The summed E-state index contributed by atoms with van der Waals surface area (Å²) < 4.78 is 0. The van der Waals surface area contributed by atoms with Crippen LogP contribution in [-0.2, 0) is 6.42 Å². The van der Waals surface area contributed by atoms with Crippen LogP contribution in [0.5, 0.6) is 0 Å². The highest BCUT2D eigenvalue weighted by atomic mass is 79.9. The maximum Gasteiger partial charge on any atom is 0.0418 e. The standard InChI is InChI=1S/C32H38BrN/c1-19-15-27-26(30(19)32(4,5)24-16-22-11-9-10-12-23(22)17-24)18-28-29(31(27)33)20(2)21(3)34(28)25-13-7-6-8-14-25/h6-14,16,19,26-31H,15,17-18H2,1-5H3. The van der Waals surface area contributed by atoms with Crippen molar-refractivity contribution >= 4 is 27.7 Å². The first-order valence-electron chi connectivity index (χ1n) is 13.2. The van der Waals surface area contributed by atoms with Gasteiger partial charge in [0.15, 0.2) is 0 Å². The SMILES string of the molecule is CC1=C(C)N(c2ccccc2)C2CC3C(CC(C)C3C(C)(C)C3=Cc4ccccc4C3)C(Br)C12. The van der Waals surface area contributed by atoms with E-state index in [2.05, 4.69) is 116 Å². The molecule has 3 aliphatic carbocycles. The number of rotatable bonds is 3. The van der Waals surface area contributed by atoms with E-state index in [4.69, 9.17) is 0 Å². The van der Waals surface area contributed by atoms with Crippen molar-refractivity contribution in [1.82, 2.24) is 0 Å². The fourth-order valence-electron chi connectivity index (χ4n) is 8.63. The van der Waals surface area contributed by atoms with Crippen molar-refractivity contribution in [2.45, 2.75) is 64.8 Å². The Morgan fingerprint density at radius 2 is 1.62 bits per heavy atom. The van der Waals surface area contributed by atoms with E-state index >= 15 is 0 Å². The van der Waals surface area contributed by atoms with Gasteiger partial charge in [-0.1, -0.05) is 90.8 Å². The van der Waals surface area contributed by atoms with Gasteiger partial charge in [-0.3, -0.25) is 0 Å². The van der Waals surface area contributed by atoms with Gasteiger partial charge in [-0.2, -0.15) is 0 Å². The molecule has 7 atom stereocenters. The van der Waals surface area contributed by atoms with Crippen molar-refractivity contribution < 1.29 is 0 Å². The van der Waals surface area contributed by atoms with E-state index in [0.29, 0.717) is 16.8 Å². The van der Waals surface area contributed by atoms with Crippen molar-refractivity contribution in [3.63, 3.8) is 0 Å². The largest absolute Gasteiger partial charge is 0.342 e.